The number of ether oxygens (including phenoxy) is 1. The van der Waals surface area contributed by atoms with Crippen LogP contribution in [-0.4, -0.2) is 35.0 Å². The monoisotopic (exact) mass is 383 g/mol. The number of aromatic nitrogens is 2. The fraction of sp³-hybridized carbons (Fsp3) is 0.250. The number of thioether (sulfide) groups is 1. The van der Waals surface area contributed by atoms with Gasteiger partial charge in [-0.1, -0.05) is 42.1 Å². The van der Waals surface area contributed by atoms with Crippen LogP contribution in [0.5, 0.6) is 5.75 Å². The van der Waals surface area contributed by atoms with Gasteiger partial charge in [-0.25, -0.2) is 0 Å². The second-order valence-electron chi connectivity index (χ2n) is 5.70. The van der Waals surface area contributed by atoms with Gasteiger partial charge in [0.2, 0.25) is 11.8 Å². The minimum absolute atomic E-state index is 0.0586. The van der Waals surface area contributed by atoms with Crippen LogP contribution in [0.1, 0.15) is 12.5 Å². The van der Waals surface area contributed by atoms with Crippen LogP contribution >= 0.6 is 11.8 Å². The van der Waals surface area contributed by atoms with Crippen LogP contribution in [0, 0.1) is 0 Å². The third-order valence-corrected chi connectivity index (χ3v) is 4.54. The van der Waals surface area contributed by atoms with E-state index >= 15 is 0 Å². The van der Waals surface area contributed by atoms with Crippen LogP contribution in [0.3, 0.4) is 0 Å². The Balaban J connectivity index is 1.44. The first kappa shape index (κ1) is 19.0. The first-order valence-electron chi connectivity index (χ1n) is 8.75. The zero-order valence-corrected chi connectivity index (χ0v) is 15.9. The van der Waals surface area contributed by atoms with Crippen molar-refractivity contribution in [2.45, 2.75) is 18.6 Å². The number of carbonyl (C=O) groups is 1. The molecular weight excluding hydrogens is 362 g/mol. The molecule has 0 spiro atoms. The summed E-state index contributed by atoms with van der Waals surface area (Å²) in [6.45, 7) is 3.16. The van der Waals surface area contributed by atoms with Crippen LogP contribution in [0.2, 0.25) is 0 Å². The molecule has 0 aliphatic rings. The molecule has 140 valence electrons. The molecule has 1 N–H and O–H groups in total. The predicted molar refractivity (Wildman–Crippen MR) is 105 cm³/mol. The maximum absolute atomic E-state index is 11.9. The van der Waals surface area contributed by atoms with E-state index in [0.717, 1.165) is 17.7 Å². The Kier molecular flexibility index (Phi) is 6.87. The smallest absolute Gasteiger partial charge is 0.277 e. The number of nitrogens with zero attached hydrogens (tertiary/aromatic N) is 2. The number of rotatable bonds is 9. The zero-order valence-electron chi connectivity index (χ0n) is 15.1. The van der Waals surface area contributed by atoms with E-state index < -0.39 is 0 Å². The van der Waals surface area contributed by atoms with Gasteiger partial charge in [0, 0.05) is 12.1 Å². The maximum Gasteiger partial charge on any atom is 0.277 e. The topological polar surface area (TPSA) is 77.2 Å². The summed E-state index contributed by atoms with van der Waals surface area (Å²) in [5, 5.41) is 11.3. The van der Waals surface area contributed by atoms with Gasteiger partial charge >= 0.3 is 0 Å². The van der Waals surface area contributed by atoms with Crippen molar-refractivity contribution in [1.82, 2.24) is 15.5 Å². The molecule has 6 nitrogen and oxygen atoms in total. The van der Waals surface area contributed by atoms with Crippen molar-refractivity contribution in [2.24, 2.45) is 0 Å². The molecule has 0 saturated carbocycles. The number of hydrogen-bond acceptors (Lipinski definition) is 6. The zero-order chi connectivity index (χ0) is 18.9. The third-order valence-electron chi connectivity index (χ3n) is 3.72. The summed E-state index contributed by atoms with van der Waals surface area (Å²) >= 11 is 1.22. The fourth-order valence-electron chi connectivity index (χ4n) is 2.41. The molecule has 0 bridgehead atoms. The Morgan fingerprint density at radius 1 is 1.11 bits per heavy atom. The average Bonchev–Trinajstić information content (AvgIpc) is 3.17. The van der Waals surface area contributed by atoms with Crippen LogP contribution in [0.25, 0.3) is 11.5 Å². The minimum atomic E-state index is -0.0586. The molecule has 1 aromatic heterocycles. The van der Waals surface area contributed by atoms with Crippen LogP contribution < -0.4 is 10.1 Å². The van der Waals surface area contributed by atoms with E-state index in [-0.39, 0.29) is 11.7 Å². The van der Waals surface area contributed by atoms with E-state index in [0.29, 0.717) is 24.3 Å². The van der Waals surface area contributed by atoms with Crippen molar-refractivity contribution in [3.05, 3.63) is 60.2 Å². The molecule has 1 amide bonds. The summed E-state index contributed by atoms with van der Waals surface area (Å²) in [5.41, 5.74) is 2.01. The quantitative estimate of drug-likeness (QED) is 0.569. The largest absolute Gasteiger partial charge is 0.494 e. The highest BCUT2D eigenvalue weighted by molar-refractivity contribution is 7.99. The van der Waals surface area contributed by atoms with Gasteiger partial charge in [0.25, 0.3) is 5.22 Å². The molecule has 0 fully saturated rings. The summed E-state index contributed by atoms with van der Waals surface area (Å²) in [5.74, 6) is 1.39. The summed E-state index contributed by atoms with van der Waals surface area (Å²) < 4.78 is 11.0. The van der Waals surface area contributed by atoms with E-state index in [2.05, 4.69) is 15.5 Å². The molecule has 0 radical (unpaired) electrons. The highest BCUT2D eigenvalue weighted by atomic mass is 32.2. The number of benzene rings is 2. The van der Waals surface area contributed by atoms with E-state index in [1.165, 1.54) is 17.3 Å². The lowest BCUT2D eigenvalue weighted by Crippen LogP contribution is -2.27. The molecule has 2 aromatic carbocycles. The van der Waals surface area contributed by atoms with Gasteiger partial charge in [0.15, 0.2) is 0 Å². The van der Waals surface area contributed by atoms with Crippen LogP contribution in [0.15, 0.2) is 64.2 Å². The molecule has 3 aromatic rings. The molecular formula is C20H21N3O3S. The summed E-state index contributed by atoms with van der Waals surface area (Å²) in [4.78, 5) is 11.9. The molecule has 27 heavy (non-hydrogen) atoms. The van der Waals surface area contributed by atoms with Crippen molar-refractivity contribution < 1.29 is 13.9 Å². The second kappa shape index (κ2) is 9.78. The number of hydrogen-bond donors (Lipinski definition) is 1. The van der Waals surface area contributed by atoms with Crippen LogP contribution in [0.4, 0.5) is 0 Å². The van der Waals surface area contributed by atoms with Gasteiger partial charge < -0.3 is 14.5 Å². The average molecular weight is 383 g/mol. The molecule has 0 unspecified atom stereocenters. The van der Waals surface area contributed by atoms with Gasteiger partial charge in [-0.3, -0.25) is 4.79 Å². The van der Waals surface area contributed by atoms with Crippen molar-refractivity contribution in [1.29, 1.82) is 0 Å². The van der Waals surface area contributed by atoms with Gasteiger partial charge in [0.05, 0.1) is 12.4 Å². The van der Waals surface area contributed by atoms with Gasteiger partial charge in [-0.15, -0.1) is 10.2 Å². The number of nitrogens with one attached hydrogen (secondary N) is 1. The minimum Gasteiger partial charge on any atom is -0.494 e. The Labute approximate surface area is 162 Å². The molecule has 0 aliphatic heterocycles. The Morgan fingerprint density at radius 2 is 1.89 bits per heavy atom. The maximum atomic E-state index is 11.9. The summed E-state index contributed by atoms with van der Waals surface area (Å²) in [7, 11) is 0. The van der Waals surface area contributed by atoms with Crippen molar-refractivity contribution >= 4 is 17.7 Å². The summed E-state index contributed by atoms with van der Waals surface area (Å²) in [6.07, 6.45) is 0.805. The van der Waals surface area contributed by atoms with Crippen LogP contribution in [-0.2, 0) is 11.2 Å². The lowest BCUT2D eigenvalue weighted by Gasteiger charge is -2.04. The first-order chi connectivity index (χ1) is 13.2. The van der Waals surface area contributed by atoms with Crippen molar-refractivity contribution in [2.75, 3.05) is 18.9 Å². The third kappa shape index (κ3) is 5.86. The van der Waals surface area contributed by atoms with E-state index in [1.807, 2.05) is 61.5 Å². The lowest BCUT2D eigenvalue weighted by atomic mass is 10.1. The molecule has 7 heteroatoms. The van der Waals surface area contributed by atoms with Gasteiger partial charge in [0.1, 0.15) is 5.75 Å². The standard InChI is InChI=1S/C20H21N3O3S/c1-2-25-17-10-8-16(9-11-17)19-22-23-20(26-19)27-14-18(24)21-13-12-15-6-4-3-5-7-15/h3-11H,2,12-14H2,1H3,(H,21,24). The number of amides is 1. The Morgan fingerprint density at radius 3 is 2.63 bits per heavy atom. The Bertz CT molecular complexity index is 850. The first-order valence-corrected chi connectivity index (χ1v) is 9.73. The van der Waals surface area contributed by atoms with Crippen molar-refractivity contribution in [3.63, 3.8) is 0 Å². The molecule has 0 atom stereocenters. The van der Waals surface area contributed by atoms with E-state index in [9.17, 15) is 4.79 Å². The van der Waals surface area contributed by atoms with Crippen molar-refractivity contribution in [3.8, 4) is 17.2 Å². The second-order valence-corrected chi connectivity index (χ2v) is 6.63. The SMILES string of the molecule is CCOc1ccc(-c2nnc(SCC(=O)NCCc3ccccc3)o2)cc1. The number of carbonyl (C=O) groups excluding carboxylic acids is 1. The van der Waals surface area contributed by atoms with Gasteiger partial charge in [-0.05, 0) is 43.2 Å². The highest BCUT2D eigenvalue weighted by Crippen LogP contribution is 2.24. The van der Waals surface area contributed by atoms with Gasteiger partial charge in [-0.2, -0.15) is 0 Å². The Hall–Kier alpha value is -2.80. The summed E-state index contributed by atoms with van der Waals surface area (Å²) in [6, 6.07) is 17.5. The van der Waals surface area contributed by atoms with E-state index in [1.54, 1.807) is 0 Å². The highest BCUT2D eigenvalue weighted by Gasteiger charge is 2.11. The fourth-order valence-corrected chi connectivity index (χ4v) is 3.01. The molecule has 0 saturated heterocycles. The molecule has 1 heterocycles. The molecule has 3 rings (SSSR count). The normalized spacial score (nSPS) is 10.6. The molecule has 0 aliphatic carbocycles. The lowest BCUT2D eigenvalue weighted by molar-refractivity contribution is -0.118. The van der Waals surface area contributed by atoms with E-state index in [4.69, 9.17) is 9.15 Å². The predicted octanol–water partition coefficient (Wildman–Crippen LogP) is 3.59.